The molecule has 0 saturated heterocycles. The Bertz CT molecular complexity index is 1040. The summed E-state index contributed by atoms with van der Waals surface area (Å²) in [5.41, 5.74) is 1.18. The van der Waals surface area contributed by atoms with Gasteiger partial charge in [-0.2, -0.15) is 4.72 Å². The molecule has 1 aliphatic carbocycles. The summed E-state index contributed by atoms with van der Waals surface area (Å²) in [5.74, 6) is 1.52. The van der Waals surface area contributed by atoms with E-state index in [1.807, 2.05) is 30.3 Å². The van der Waals surface area contributed by atoms with Gasteiger partial charge in [0.2, 0.25) is 15.9 Å². The van der Waals surface area contributed by atoms with Crippen LogP contribution in [-0.4, -0.2) is 38.9 Å². The number of carbonyl (C=O) groups is 2. The van der Waals surface area contributed by atoms with E-state index in [4.69, 9.17) is 6.42 Å². The van der Waals surface area contributed by atoms with Crippen LogP contribution < -0.4 is 15.4 Å². The van der Waals surface area contributed by atoms with Gasteiger partial charge in [0.1, 0.15) is 6.04 Å². The van der Waals surface area contributed by atoms with Crippen molar-refractivity contribution in [2.24, 2.45) is 0 Å². The molecule has 7 nitrogen and oxygen atoms in total. The first-order valence-corrected chi connectivity index (χ1v) is 11.1. The molecule has 1 fully saturated rings. The molecule has 2 amide bonds. The molecule has 156 valence electrons. The molecule has 30 heavy (non-hydrogen) atoms. The molecule has 1 aliphatic rings. The van der Waals surface area contributed by atoms with E-state index in [1.165, 1.54) is 24.3 Å². The van der Waals surface area contributed by atoms with Gasteiger partial charge in [0.15, 0.2) is 0 Å². The highest BCUT2D eigenvalue weighted by Gasteiger charge is 2.28. The number of nitrogens with one attached hydrogen (secondary N) is 3. The van der Waals surface area contributed by atoms with E-state index in [1.54, 1.807) is 0 Å². The Morgan fingerprint density at radius 1 is 1.07 bits per heavy atom. The highest BCUT2D eigenvalue weighted by Crippen LogP contribution is 2.19. The predicted molar refractivity (Wildman–Crippen MR) is 113 cm³/mol. The molecular weight excluding hydrogens is 402 g/mol. The summed E-state index contributed by atoms with van der Waals surface area (Å²) in [5, 5.41) is 5.69. The van der Waals surface area contributed by atoms with Crippen LogP contribution in [0, 0.1) is 12.3 Å². The third-order valence-electron chi connectivity index (χ3n) is 4.62. The molecule has 3 rings (SSSR count). The standard InChI is InChI=1S/C22H23N3O4S/c1-2-14-23-30(28,29)19-12-8-17(9-13-19)21(26)25-20(22(27)24-18-10-11-18)15-16-6-4-3-5-7-16/h1,3-9,12-13,18,20,23H,10-11,14-15H2,(H,24,27)(H,25,26). The molecule has 0 heterocycles. The van der Waals surface area contributed by atoms with Crippen molar-refractivity contribution in [3.63, 3.8) is 0 Å². The molecule has 1 unspecified atom stereocenters. The van der Waals surface area contributed by atoms with Crippen molar-refractivity contribution in [1.29, 1.82) is 0 Å². The highest BCUT2D eigenvalue weighted by molar-refractivity contribution is 7.89. The Balaban J connectivity index is 1.71. The molecule has 0 aromatic heterocycles. The lowest BCUT2D eigenvalue weighted by Crippen LogP contribution is -2.48. The van der Waals surface area contributed by atoms with Crippen LogP contribution in [0.3, 0.4) is 0 Å². The second-order valence-corrected chi connectivity index (χ2v) is 8.82. The maximum absolute atomic E-state index is 12.7. The topological polar surface area (TPSA) is 104 Å². The Morgan fingerprint density at radius 2 is 1.73 bits per heavy atom. The molecule has 3 N–H and O–H groups in total. The van der Waals surface area contributed by atoms with Gasteiger partial charge in [-0.1, -0.05) is 36.3 Å². The Morgan fingerprint density at radius 3 is 2.33 bits per heavy atom. The fraction of sp³-hybridized carbons (Fsp3) is 0.273. The van der Waals surface area contributed by atoms with E-state index < -0.39 is 22.0 Å². The molecule has 2 aromatic carbocycles. The van der Waals surface area contributed by atoms with Gasteiger partial charge in [-0.3, -0.25) is 9.59 Å². The van der Waals surface area contributed by atoms with Crippen LogP contribution in [0.2, 0.25) is 0 Å². The Kier molecular flexibility index (Phi) is 6.87. The molecule has 8 heteroatoms. The van der Waals surface area contributed by atoms with Gasteiger partial charge in [0.25, 0.3) is 5.91 Å². The predicted octanol–water partition coefficient (Wildman–Crippen LogP) is 1.22. The van der Waals surface area contributed by atoms with E-state index in [2.05, 4.69) is 21.3 Å². The Labute approximate surface area is 176 Å². The smallest absolute Gasteiger partial charge is 0.251 e. The third-order valence-corrected chi connectivity index (χ3v) is 6.04. The summed E-state index contributed by atoms with van der Waals surface area (Å²) in [4.78, 5) is 25.3. The summed E-state index contributed by atoms with van der Waals surface area (Å²) < 4.78 is 26.4. The lowest BCUT2D eigenvalue weighted by atomic mass is 10.0. The highest BCUT2D eigenvalue weighted by atomic mass is 32.2. The first-order valence-electron chi connectivity index (χ1n) is 9.57. The zero-order valence-corrected chi connectivity index (χ0v) is 17.1. The molecule has 0 radical (unpaired) electrons. The quantitative estimate of drug-likeness (QED) is 0.526. The van der Waals surface area contributed by atoms with E-state index >= 15 is 0 Å². The normalized spacial score (nSPS) is 14.4. The van der Waals surface area contributed by atoms with Crippen molar-refractivity contribution in [3.05, 3.63) is 65.7 Å². The molecule has 0 spiro atoms. The lowest BCUT2D eigenvalue weighted by molar-refractivity contribution is -0.123. The van der Waals surface area contributed by atoms with Crippen LogP contribution >= 0.6 is 0 Å². The number of benzene rings is 2. The van der Waals surface area contributed by atoms with Crippen LogP contribution in [0.25, 0.3) is 0 Å². The Hall–Kier alpha value is -3.15. The van der Waals surface area contributed by atoms with Gasteiger partial charge in [-0.15, -0.1) is 6.42 Å². The SMILES string of the molecule is C#CCNS(=O)(=O)c1ccc(C(=O)NC(Cc2ccccc2)C(=O)NC2CC2)cc1. The number of amides is 2. The van der Waals surface area contributed by atoms with Crippen molar-refractivity contribution >= 4 is 21.8 Å². The second kappa shape index (κ2) is 9.57. The summed E-state index contributed by atoms with van der Waals surface area (Å²) >= 11 is 0. The summed E-state index contributed by atoms with van der Waals surface area (Å²) in [6, 6.07) is 14.3. The number of rotatable bonds is 9. The van der Waals surface area contributed by atoms with Crippen LogP contribution in [0.4, 0.5) is 0 Å². The van der Waals surface area contributed by atoms with Crippen molar-refractivity contribution in [1.82, 2.24) is 15.4 Å². The molecule has 2 aromatic rings. The zero-order valence-electron chi connectivity index (χ0n) is 16.3. The molecule has 1 atom stereocenters. The van der Waals surface area contributed by atoms with Crippen LogP contribution in [0.5, 0.6) is 0 Å². The van der Waals surface area contributed by atoms with E-state index in [0.29, 0.717) is 6.42 Å². The van der Waals surface area contributed by atoms with Gasteiger partial charge in [0, 0.05) is 18.0 Å². The third kappa shape index (κ3) is 5.92. The minimum atomic E-state index is -3.74. The maximum Gasteiger partial charge on any atom is 0.251 e. The van der Waals surface area contributed by atoms with E-state index in [9.17, 15) is 18.0 Å². The first kappa shape index (κ1) is 21.6. The zero-order chi connectivity index (χ0) is 21.6. The fourth-order valence-electron chi connectivity index (χ4n) is 2.84. The van der Waals surface area contributed by atoms with Crippen LogP contribution in [0.1, 0.15) is 28.8 Å². The lowest BCUT2D eigenvalue weighted by Gasteiger charge is -2.19. The van der Waals surface area contributed by atoms with E-state index in [0.717, 1.165) is 18.4 Å². The molecule has 0 aliphatic heterocycles. The van der Waals surface area contributed by atoms with Crippen LogP contribution in [0.15, 0.2) is 59.5 Å². The van der Waals surface area contributed by atoms with Gasteiger partial charge >= 0.3 is 0 Å². The average Bonchev–Trinajstić information content (AvgIpc) is 3.56. The van der Waals surface area contributed by atoms with Crippen molar-refractivity contribution in [3.8, 4) is 12.3 Å². The van der Waals surface area contributed by atoms with Gasteiger partial charge in [-0.25, -0.2) is 8.42 Å². The molecule has 0 bridgehead atoms. The number of hydrogen-bond donors (Lipinski definition) is 3. The first-order chi connectivity index (χ1) is 14.4. The van der Waals surface area contributed by atoms with Crippen molar-refractivity contribution in [2.75, 3.05) is 6.54 Å². The van der Waals surface area contributed by atoms with Crippen molar-refractivity contribution < 1.29 is 18.0 Å². The summed E-state index contributed by atoms with van der Waals surface area (Å²) in [6.07, 6.45) is 7.32. The van der Waals surface area contributed by atoms with E-state index in [-0.39, 0.29) is 29.0 Å². The molecule has 1 saturated carbocycles. The fourth-order valence-corrected chi connectivity index (χ4v) is 3.77. The maximum atomic E-state index is 12.7. The number of sulfonamides is 1. The van der Waals surface area contributed by atoms with Gasteiger partial charge in [0.05, 0.1) is 11.4 Å². The average molecular weight is 426 g/mol. The van der Waals surface area contributed by atoms with Crippen molar-refractivity contribution in [2.45, 2.75) is 36.2 Å². The van der Waals surface area contributed by atoms with Gasteiger partial charge < -0.3 is 10.6 Å². The summed E-state index contributed by atoms with van der Waals surface area (Å²) in [7, 11) is -3.74. The largest absolute Gasteiger partial charge is 0.352 e. The molecular formula is C22H23N3O4S. The van der Waals surface area contributed by atoms with Gasteiger partial charge in [-0.05, 0) is 42.7 Å². The monoisotopic (exact) mass is 425 g/mol. The number of hydrogen-bond acceptors (Lipinski definition) is 4. The summed E-state index contributed by atoms with van der Waals surface area (Å²) in [6.45, 7) is -0.123. The number of carbonyl (C=O) groups excluding carboxylic acids is 2. The van der Waals surface area contributed by atoms with Crippen LogP contribution in [-0.2, 0) is 21.2 Å². The minimum absolute atomic E-state index is 0.00149. The minimum Gasteiger partial charge on any atom is -0.352 e. The second-order valence-electron chi connectivity index (χ2n) is 7.05. The number of terminal acetylenes is 1.